The number of carbonyl (C=O) groups is 1. The summed E-state index contributed by atoms with van der Waals surface area (Å²) in [5.41, 5.74) is 1.04. The Balaban J connectivity index is 1.93. The van der Waals surface area contributed by atoms with Gasteiger partial charge in [0.05, 0.1) is 24.5 Å². The van der Waals surface area contributed by atoms with Gasteiger partial charge in [-0.2, -0.15) is 0 Å². The lowest BCUT2D eigenvalue weighted by molar-refractivity contribution is -0.0476. The zero-order chi connectivity index (χ0) is 14.5. The third-order valence-corrected chi connectivity index (χ3v) is 3.11. The highest BCUT2D eigenvalue weighted by Gasteiger charge is 2.19. The van der Waals surface area contributed by atoms with E-state index in [1.807, 2.05) is 6.92 Å². The van der Waals surface area contributed by atoms with E-state index in [1.54, 1.807) is 19.1 Å². The number of nitrogens with zero attached hydrogens (tertiary/aromatic N) is 1. The van der Waals surface area contributed by atoms with Gasteiger partial charge in [-0.25, -0.2) is 9.78 Å². The van der Waals surface area contributed by atoms with Crippen LogP contribution in [0, 0.1) is 6.92 Å². The summed E-state index contributed by atoms with van der Waals surface area (Å²) in [6, 6.07) is 3.32. The molecule has 0 amide bonds. The maximum Gasteiger partial charge on any atom is 0.339 e. The van der Waals surface area contributed by atoms with Gasteiger partial charge >= 0.3 is 5.97 Å². The van der Waals surface area contributed by atoms with E-state index in [2.05, 4.69) is 15.0 Å². The summed E-state index contributed by atoms with van der Waals surface area (Å²) >= 11 is 0. The summed E-state index contributed by atoms with van der Waals surface area (Å²) in [6.45, 7) is 5.83. The summed E-state index contributed by atoms with van der Waals surface area (Å²) in [7, 11) is 1.35. The third-order valence-electron chi connectivity index (χ3n) is 3.11. The minimum absolute atomic E-state index is 0.0149. The molecule has 6 heteroatoms. The number of aryl methyl sites for hydroxylation is 1. The minimum atomic E-state index is -0.393. The molecule has 0 aliphatic carbocycles. The lowest BCUT2D eigenvalue weighted by Crippen LogP contribution is -2.45. The van der Waals surface area contributed by atoms with Crippen molar-refractivity contribution in [1.82, 2.24) is 10.3 Å². The lowest BCUT2D eigenvalue weighted by Gasteiger charge is -2.28. The van der Waals surface area contributed by atoms with Crippen LogP contribution >= 0.6 is 0 Å². The lowest BCUT2D eigenvalue weighted by atomic mass is 10.2. The average molecular weight is 280 g/mol. The van der Waals surface area contributed by atoms with Gasteiger partial charge in [-0.1, -0.05) is 0 Å². The molecule has 1 N–H and O–H groups in total. The van der Waals surface area contributed by atoms with Crippen molar-refractivity contribution in [2.45, 2.75) is 26.1 Å². The predicted molar refractivity (Wildman–Crippen MR) is 73.0 cm³/mol. The topological polar surface area (TPSA) is 69.7 Å². The Morgan fingerprint density at radius 1 is 1.50 bits per heavy atom. The maximum absolute atomic E-state index is 11.5. The fourth-order valence-electron chi connectivity index (χ4n) is 2.09. The Kier molecular flexibility index (Phi) is 4.92. The first kappa shape index (κ1) is 14.7. The van der Waals surface area contributed by atoms with Gasteiger partial charge in [0.15, 0.2) is 0 Å². The second kappa shape index (κ2) is 6.67. The van der Waals surface area contributed by atoms with E-state index in [0.29, 0.717) is 23.7 Å². The van der Waals surface area contributed by atoms with E-state index in [4.69, 9.17) is 9.47 Å². The summed E-state index contributed by atoms with van der Waals surface area (Å²) < 4.78 is 16.0. The van der Waals surface area contributed by atoms with Crippen molar-refractivity contribution in [1.29, 1.82) is 0 Å². The van der Waals surface area contributed by atoms with Crippen LogP contribution in [0.3, 0.4) is 0 Å². The van der Waals surface area contributed by atoms with E-state index in [-0.39, 0.29) is 12.2 Å². The molecule has 110 valence electrons. The second-order valence-electron chi connectivity index (χ2n) is 4.81. The standard InChI is InChI=1S/C14H20N2O4/c1-9-6-15-7-11(20-9)8-19-13-5-4-12(10(2)16-13)14(17)18-3/h4-5,9,11,15H,6-8H2,1-3H3. The summed E-state index contributed by atoms with van der Waals surface area (Å²) in [5.74, 6) is 0.0900. The Morgan fingerprint density at radius 2 is 2.30 bits per heavy atom. The molecule has 0 saturated carbocycles. The van der Waals surface area contributed by atoms with Gasteiger partial charge < -0.3 is 19.5 Å². The van der Waals surface area contributed by atoms with Crippen LogP contribution in [0.25, 0.3) is 0 Å². The molecule has 20 heavy (non-hydrogen) atoms. The Labute approximate surface area is 118 Å². The van der Waals surface area contributed by atoms with Crippen LogP contribution in [-0.4, -0.2) is 50.0 Å². The molecule has 1 aromatic heterocycles. The first-order valence-corrected chi connectivity index (χ1v) is 6.65. The van der Waals surface area contributed by atoms with E-state index >= 15 is 0 Å². The van der Waals surface area contributed by atoms with Crippen LogP contribution in [0.1, 0.15) is 23.0 Å². The van der Waals surface area contributed by atoms with E-state index in [0.717, 1.165) is 13.1 Å². The molecule has 1 saturated heterocycles. The monoisotopic (exact) mass is 280 g/mol. The molecule has 1 fully saturated rings. The van der Waals surface area contributed by atoms with Crippen molar-refractivity contribution in [3.8, 4) is 5.88 Å². The highest BCUT2D eigenvalue weighted by molar-refractivity contribution is 5.90. The van der Waals surface area contributed by atoms with Crippen molar-refractivity contribution in [2.24, 2.45) is 0 Å². The largest absolute Gasteiger partial charge is 0.475 e. The van der Waals surface area contributed by atoms with Crippen molar-refractivity contribution < 1.29 is 19.0 Å². The van der Waals surface area contributed by atoms with Crippen molar-refractivity contribution in [3.63, 3.8) is 0 Å². The number of methoxy groups -OCH3 is 1. The van der Waals surface area contributed by atoms with Gasteiger partial charge in [0, 0.05) is 19.2 Å². The number of rotatable bonds is 4. The number of hydrogen-bond donors (Lipinski definition) is 1. The van der Waals surface area contributed by atoms with Crippen LogP contribution < -0.4 is 10.1 Å². The fraction of sp³-hybridized carbons (Fsp3) is 0.571. The zero-order valence-electron chi connectivity index (χ0n) is 12.0. The van der Waals surface area contributed by atoms with Gasteiger partial charge in [0.1, 0.15) is 12.7 Å². The third kappa shape index (κ3) is 3.68. The Morgan fingerprint density at radius 3 is 2.95 bits per heavy atom. The van der Waals surface area contributed by atoms with Gasteiger partial charge in [-0.3, -0.25) is 0 Å². The summed E-state index contributed by atoms with van der Waals surface area (Å²) in [4.78, 5) is 15.7. The molecule has 2 heterocycles. The van der Waals surface area contributed by atoms with Crippen molar-refractivity contribution in [3.05, 3.63) is 23.4 Å². The number of pyridine rings is 1. The number of aromatic nitrogens is 1. The van der Waals surface area contributed by atoms with Crippen LogP contribution in [0.15, 0.2) is 12.1 Å². The Hall–Kier alpha value is -1.66. The van der Waals surface area contributed by atoms with E-state index in [9.17, 15) is 4.79 Å². The average Bonchev–Trinajstić information content (AvgIpc) is 2.44. The van der Waals surface area contributed by atoms with Gasteiger partial charge in [0.25, 0.3) is 0 Å². The maximum atomic E-state index is 11.5. The van der Waals surface area contributed by atoms with Crippen LogP contribution in [0.5, 0.6) is 5.88 Å². The first-order valence-electron chi connectivity index (χ1n) is 6.65. The molecule has 2 rings (SSSR count). The van der Waals surface area contributed by atoms with Gasteiger partial charge in [-0.05, 0) is 19.9 Å². The number of ether oxygens (including phenoxy) is 3. The van der Waals surface area contributed by atoms with Crippen molar-refractivity contribution >= 4 is 5.97 Å². The Bertz CT molecular complexity index is 478. The predicted octanol–water partition coefficient (Wildman–Crippen LogP) is 0.932. The minimum Gasteiger partial charge on any atom is -0.475 e. The normalized spacial score (nSPS) is 22.4. The molecule has 2 atom stereocenters. The molecule has 1 aliphatic heterocycles. The highest BCUT2D eigenvalue weighted by Crippen LogP contribution is 2.14. The smallest absolute Gasteiger partial charge is 0.339 e. The summed E-state index contributed by atoms with van der Waals surface area (Å²) in [6.07, 6.45) is 0.204. The van der Waals surface area contributed by atoms with Gasteiger partial charge in [-0.15, -0.1) is 0 Å². The quantitative estimate of drug-likeness (QED) is 0.828. The molecule has 6 nitrogen and oxygen atoms in total. The second-order valence-corrected chi connectivity index (χ2v) is 4.81. The van der Waals surface area contributed by atoms with Crippen LogP contribution in [0.4, 0.5) is 0 Å². The molecule has 1 aromatic rings. The fourth-order valence-corrected chi connectivity index (χ4v) is 2.09. The van der Waals surface area contributed by atoms with Crippen LogP contribution in [-0.2, 0) is 9.47 Å². The molecule has 0 spiro atoms. The molecule has 0 bridgehead atoms. The molecular formula is C14H20N2O4. The molecular weight excluding hydrogens is 260 g/mol. The SMILES string of the molecule is COC(=O)c1ccc(OCC2CNCC(C)O2)nc1C. The molecule has 1 aliphatic rings. The van der Waals surface area contributed by atoms with E-state index < -0.39 is 5.97 Å². The summed E-state index contributed by atoms with van der Waals surface area (Å²) in [5, 5.41) is 3.28. The highest BCUT2D eigenvalue weighted by atomic mass is 16.5. The molecule has 0 radical (unpaired) electrons. The van der Waals surface area contributed by atoms with E-state index in [1.165, 1.54) is 7.11 Å². The van der Waals surface area contributed by atoms with Crippen LogP contribution in [0.2, 0.25) is 0 Å². The molecule has 2 unspecified atom stereocenters. The number of esters is 1. The molecule has 0 aromatic carbocycles. The first-order chi connectivity index (χ1) is 9.60. The number of hydrogen-bond acceptors (Lipinski definition) is 6. The number of carbonyl (C=O) groups excluding carboxylic acids is 1. The number of morpholine rings is 1. The van der Waals surface area contributed by atoms with Crippen molar-refractivity contribution in [2.75, 3.05) is 26.8 Å². The zero-order valence-corrected chi connectivity index (χ0v) is 12.0. The number of nitrogens with one attached hydrogen (secondary N) is 1. The van der Waals surface area contributed by atoms with Gasteiger partial charge in [0.2, 0.25) is 5.88 Å².